The van der Waals surface area contributed by atoms with Gasteiger partial charge in [0.25, 0.3) is 5.91 Å². The zero-order chi connectivity index (χ0) is 14.0. The first-order valence-electron chi connectivity index (χ1n) is 6.63. The molecule has 0 aromatic heterocycles. The highest BCUT2D eigenvalue weighted by atomic mass is 19.4. The lowest BCUT2D eigenvalue weighted by molar-refractivity contribution is -0.189. The fourth-order valence-electron chi connectivity index (χ4n) is 2.71. The van der Waals surface area contributed by atoms with Crippen molar-refractivity contribution in [3.8, 4) is 0 Å². The molecule has 0 radical (unpaired) electrons. The van der Waals surface area contributed by atoms with Crippen LogP contribution in [-0.2, 0) is 9.53 Å². The lowest BCUT2D eigenvalue weighted by Crippen LogP contribution is -2.48. The van der Waals surface area contributed by atoms with Crippen LogP contribution in [0.25, 0.3) is 0 Å². The van der Waals surface area contributed by atoms with E-state index in [1.54, 1.807) is 0 Å². The molecule has 110 valence electrons. The Morgan fingerprint density at radius 1 is 1.32 bits per heavy atom. The Labute approximate surface area is 110 Å². The lowest BCUT2D eigenvalue weighted by Gasteiger charge is -2.35. The summed E-state index contributed by atoms with van der Waals surface area (Å²) in [7, 11) is 0. The number of alkyl halides is 3. The second-order valence-corrected chi connectivity index (χ2v) is 5.22. The van der Waals surface area contributed by atoms with Gasteiger partial charge in [-0.1, -0.05) is 0 Å². The van der Waals surface area contributed by atoms with Crippen LogP contribution >= 0.6 is 0 Å². The van der Waals surface area contributed by atoms with Crippen LogP contribution in [0.1, 0.15) is 25.7 Å². The number of nitrogens with two attached hydrogens (primary N) is 1. The van der Waals surface area contributed by atoms with E-state index in [4.69, 9.17) is 10.5 Å². The molecule has 0 spiro atoms. The van der Waals surface area contributed by atoms with Gasteiger partial charge in [0.2, 0.25) is 0 Å². The Kier molecular flexibility index (Phi) is 4.35. The van der Waals surface area contributed by atoms with Crippen LogP contribution < -0.4 is 5.73 Å². The third-order valence-electron chi connectivity index (χ3n) is 3.84. The highest BCUT2D eigenvalue weighted by Crippen LogP contribution is 2.34. The van der Waals surface area contributed by atoms with Crippen molar-refractivity contribution >= 4 is 5.91 Å². The summed E-state index contributed by atoms with van der Waals surface area (Å²) in [4.78, 5) is 13.4. The van der Waals surface area contributed by atoms with E-state index in [0.29, 0.717) is 32.4 Å². The summed E-state index contributed by atoms with van der Waals surface area (Å²) in [5, 5.41) is 0. The average molecular weight is 280 g/mol. The quantitative estimate of drug-likeness (QED) is 0.829. The fraction of sp³-hybridized carbons (Fsp3) is 0.917. The number of nitrogens with zero attached hydrogens (tertiary/aromatic N) is 1. The zero-order valence-electron chi connectivity index (χ0n) is 10.7. The van der Waals surface area contributed by atoms with Gasteiger partial charge in [0.05, 0.1) is 12.0 Å². The molecule has 3 unspecified atom stereocenters. The molecule has 4 nitrogen and oxygen atoms in total. The molecule has 19 heavy (non-hydrogen) atoms. The van der Waals surface area contributed by atoms with Crippen LogP contribution in [-0.4, -0.2) is 48.8 Å². The van der Waals surface area contributed by atoms with E-state index >= 15 is 0 Å². The first-order chi connectivity index (χ1) is 8.91. The van der Waals surface area contributed by atoms with E-state index < -0.39 is 18.2 Å². The van der Waals surface area contributed by atoms with Crippen molar-refractivity contribution in [2.24, 2.45) is 11.7 Å². The van der Waals surface area contributed by atoms with Crippen molar-refractivity contribution in [3.63, 3.8) is 0 Å². The van der Waals surface area contributed by atoms with E-state index in [2.05, 4.69) is 0 Å². The minimum absolute atomic E-state index is 0.101. The Hall–Kier alpha value is -0.820. The maximum absolute atomic E-state index is 12.7. The average Bonchev–Trinajstić information content (AvgIpc) is 2.86. The molecule has 2 heterocycles. The summed E-state index contributed by atoms with van der Waals surface area (Å²) in [5.74, 6) is -1.72. The minimum Gasteiger partial charge on any atom is -0.364 e. The Morgan fingerprint density at radius 3 is 2.63 bits per heavy atom. The van der Waals surface area contributed by atoms with Crippen molar-refractivity contribution in [1.82, 2.24) is 4.90 Å². The van der Waals surface area contributed by atoms with Gasteiger partial charge < -0.3 is 15.4 Å². The number of carbonyl (C=O) groups excluding carboxylic acids is 1. The Balaban J connectivity index is 1.92. The molecule has 0 saturated carbocycles. The summed E-state index contributed by atoms with van der Waals surface area (Å²) in [6.07, 6.45) is -3.24. The molecule has 2 rings (SSSR count). The van der Waals surface area contributed by atoms with Gasteiger partial charge in [0, 0.05) is 19.6 Å². The number of piperidine rings is 1. The molecule has 0 bridgehead atoms. The van der Waals surface area contributed by atoms with Gasteiger partial charge in [-0.2, -0.15) is 13.2 Å². The number of amides is 1. The predicted molar refractivity (Wildman–Crippen MR) is 62.3 cm³/mol. The van der Waals surface area contributed by atoms with E-state index in [0.717, 1.165) is 0 Å². The van der Waals surface area contributed by atoms with Crippen LogP contribution in [0.5, 0.6) is 0 Å². The largest absolute Gasteiger partial charge is 0.393 e. The van der Waals surface area contributed by atoms with E-state index in [-0.39, 0.29) is 25.0 Å². The predicted octanol–water partition coefficient (Wildman–Crippen LogP) is 1.29. The Morgan fingerprint density at radius 2 is 2.05 bits per heavy atom. The highest BCUT2D eigenvalue weighted by molar-refractivity contribution is 5.81. The normalized spacial score (nSPS) is 32.6. The van der Waals surface area contributed by atoms with Crippen molar-refractivity contribution in [2.75, 3.05) is 19.6 Å². The standard InChI is InChI=1S/C12H19F3N2O2/c13-12(14,15)8-2-1-5-17(7-8)11(18)10-4-3-9(6-16)19-10/h8-10H,1-7,16H2. The minimum atomic E-state index is -4.23. The van der Waals surface area contributed by atoms with Gasteiger partial charge in [-0.25, -0.2) is 0 Å². The lowest BCUT2D eigenvalue weighted by atomic mass is 9.97. The first kappa shape index (κ1) is 14.6. The summed E-state index contributed by atoms with van der Waals surface area (Å²) in [6.45, 7) is 0.489. The molecule has 2 saturated heterocycles. The molecule has 0 aliphatic carbocycles. The Bertz CT molecular complexity index is 335. The maximum atomic E-state index is 12.7. The van der Waals surface area contributed by atoms with Crippen LogP contribution in [0.2, 0.25) is 0 Å². The monoisotopic (exact) mass is 280 g/mol. The van der Waals surface area contributed by atoms with Crippen molar-refractivity contribution < 1.29 is 22.7 Å². The van der Waals surface area contributed by atoms with Crippen molar-refractivity contribution in [1.29, 1.82) is 0 Å². The summed E-state index contributed by atoms with van der Waals surface area (Å²) in [6, 6.07) is 0. The zero-order valence-corrected chi connectivity index (χ0v) is 10.7. The number of likely N-dealkylation sites (tertiary alicyclic amines) is 1. The second kappa shape index (κ2) is 5.66. The number of ether oxygens (including phenoxy) is 1. The molecule has 2 aliphatic heterocycles. The summed E-state index contributed by atoms with van der Waals surface area (Å²) in [5.41, 5.74) is 5.46. The first-order valence-corrected chi connectivity index (χ1v) is 6.63. The topological polar surface area (TPSA) is 55.6 Å². The second-order valence-electron chi connectivity index (χ2n) is 5.22. The van der Waals surface area contributed by atoms with Gasteiger partial charge in [0.15, 0.2) is 0 Å². The summed E-state index contributed by atoms with van der Waals surface area (Å²) < 4.78 is 43.5. The molecule has 2 fully saturated rings. The van der Waals surface area contributed by atoms with Crippen LogP contribution in [0, 0.1) is 5.92 Å². The number of carbonyl (C=O) groups is 1. The van der Waals surface area contributed by atoms with E-state index in [1.165, 1.54) is 4.90 Å². The number of hydrogen-bond donors (Lipinski definition) is 1. The molecule has 0 aromatic carbocycles. The number of halogens is 3. The molecular formula is C12H19F3N2O2. The third kappa shape index (κ3) is 3.39. The molecular weight excluding hydrogens is 261 g/mol. The maximum Gasteiger partial charge on any atom is 0.393 e. The molecule has 2 aliphatic rings. The van der Waals surface area contributed by atoms with Crippen LogP contribution in [0.15, 0.2) is 0 Å². The van der Waals surface area contributed by atoms with Crippen LogP contribution in [0.4, 0.5) is 13.2 Å². The molecule has 1 amide bonds. The molecule has 3 atom stereocenters. The van der Waals surface area contributed by atoms with Crippen molar-refractivity contribution in [2.45, 2.75) is 44.1 Å². The molecule has 7 heteroatoms. The van der Waals surface area contributed by atoms with Gasteiger partial charge >= 0.3 is 6.18 Å². The molecule has 2 N–H and O–H groups in total. The van der Waals surface area contributed by atoms with Crippen LogP contribution in [0.3, 0.4) is 0 Å². The van der Waals surface area contributed by atoms with E-state index in [1.807, 2.05) is 0 Å². The number of hydrogen-bond acceptors (Lipinski definition) is 3. The van der Waals surface area contributed by atoms with Gasteiger partial charge in [-0.3, -0.25) is 4.79 Å². The molecule has 0 aromatic rings. The summed E-state index contributed by atoms with van der Waals surface area (Å²) >= 11 is 0. The van der Waals surface area contributed by atoms with Gasteiger partial charge in [-0.15, -0.1) is 0 Å². The SMILES string of the molecule is NCC1CCC(C(=O)N2CCCC(C(F)(F)F)C2)O1. The fourth-order valence-corrected chi connectivity index (χ4v) is 2.71. The van der Waals surface area contributed by atoms with Crippen molar-refractivity contribution in [3.05, 3.63) is 0 Å². The number of rotatable bonds is 2. The highest BCUT2D eigenvalue weighted by Gasteiger charge is 2.44. The third-order valence-corrected chi connectivity index (χ3v) is 3.84. The van der Waals surface area contributed by atoms with Gasteiger partial charge in [0.1, 0.15) is 6.10 Å². The smallest absolute Gasteiger partial charge is 0.364 e. The van der Waals surface area contributed by atoms with E-state index in [9.17, 15) is 18.0 Å². The van der Waals surface area contributed by atoms with Gasteiger partial charge in [-0.05, 0) is 25.7 Å².